The van der Waals surface area contributed by atoms with Crippen molar-refractivity contribution in [1.82, 2.24) is 9.78 Å². The van der Waals surface area contributed by atoms with Gasteiger partial charge >= 0.3 is 0 Å². The largest absolute Gasteiger partial charge is 0.356 e. The number of aromatic nitrogens is 2. The van der Waals surface area contributed by atoms with Gasteiger partial charge in [0.1, 0.15) is 5.82 Å². The summed E-state index contributed by atoms with van der Waals surface area (Å²) >= 11 is 6.19. The number of aryl methyl sites for hydroxylation is 1. The Morgan fingerprint density at radius 3 is 2.33 bits per heavy atom. The van der Waals surface area contributed by atoms with Crippen LogP contribution in [0.4, 0.5) is 5.82 Å². The minimum absolute atomic E-state index is 0.485. The van der Waals surface area contributed by atoms with Gasteiger partial charge in [0.15, 0.2) is 0 Å². The molecule has 0 atom stereocenters. The molecule has 1 aromatic carbocycles. The van der Waals surface area contributed by atoms with Gasteiger partial charge in [-0.05, 0) is 31.9 Å². The highest BCUT2D eigenvalue weighted by molar-refractivity contribution is 6.17. The summed E-state index contributed by atoms with van der Waals surface area (Å²) in [6, 6.07) is 10.7. The Morgan fingerprint density at radius 2 is 1.81 bits per heavy atom. The molecule has 21 heavy (non-hydrogen) atoms. The van der Waals surface area contributed by atoms with Crippen molar-refractivity contribution in [1.29, 1.82) is 0 Å². The number of halogens is 1. The van der Waals surface area contributed by atoms with Gasteiger partial charge in [-0.2, -0.15) is 5.10 Å². The molecule has 0 fully saturated rings. The molecule has 0 aliphatic heterocycles. The fourth-order valence-corrected chi connectivity index (χ4v) is 3.14. The van der Waals surface area contributed by atoms with Crippen LogP contribution in [0.3, 0.4) is 0 Å². The highest BCUT2D eigenvalue weighted by atomic mass is 35.5. The van der Waals surface area contributed by atoms with Crippen LogP contribution in [0, 0.1) is 6.92 Å². The third-order valence-corrected chi connectivity index (χ3v) is 4.38. The van der Waals surface area contributed by atoms with Crippen LogP contribution in [0.15, 0.2) is 30.3 Å². The molecule has 0 N–H and O–H groups in total. The summed E-state index contributed by atoms with van der Waals surface area (Å²) < 4.78 is 2.02. The Labute approximate surface area is 132 Å². The molecular formula is C17H24ClN3. The highest BCUT2D eigenvalue weighted by Crippen LogP contribution is 2.30. The molecule has 0 spiro atoms. The molecule has 0 amide bonds. The van der Waals surface area contributed by atoms with E-state index in [9.17, 15) is 0 Å². The van der Waals surface area contributed by atoms with E-state index in [0.717, 1.165) is 35.6 Å². The van der Waals surface area contributed by atoms with Crippen LogP contribution in [0.2, 0.25) is 0 Å². The molecular weight excluding hydrogens is 282 g/mol. The van der Waals surface area contributed by atoms with Gasteiger partial charge < -0.3 is 4.90 Å². The fraction of sp³-hybridized carbons (Fsp3) is 0.471. The Balaban J connectivity index is 2.57. The van der Waals surface area contributed by atoms with E-state index in [1.54, 1.807) is 0 Å². The maximum absolute atomic E-state index is 6.19. The first-order chi connectivity index (χ1) is 10.1. The SMILES string of the molecule is CCC(CC)N(C)c1c(CCl)c(C)nn1-c1ccccc1. The monoisotopic (exact) mass is 305 g/mol. The number of rotatable bonds is 6. The average Bonchev–Trinajstić information content (AvgIpc) is 2.85. The van der Waals surface area contributed by atoms with Crippen LogP contribution in [0.25, 0.3) is 5.69 Å². The number of benzene rings is 1. The quantitative estimate of drug-likeness (QED) is 0.730. The Morgan fingerprint density at radius 1 is 1.19 bits per heavy atom. The minimum atomic E-state index is 0.485. The van der Waals surface area contributed by atoms with Gasteiger partial charge in [0.2, 0.25) is 0 Å². The van der Waals surface area contributed by atoms with Crippen molar-refractivity contribution in [2.75, 3.05) is 11.9 Å². The molecule has 114 valence electrons. The molecule has 0 radical (unpaired) electrons. The Bertz CT molecular complexity index is 573. The summed E-state index contributed by atoms with van der Waals surface area (Å²) in [6.07, 6.45) is 2.21. The zero-order valence-electron chi connectivity index (χ0n) is 13.3. The van der Waals surface area contributed by atoms with Gasteiger partial charge in [-0.25, -0.2) is 4.68 Å². The van der Waals surface area contributed by atoms with E-state index < -0.39 is 0 Å². The number of nitrogens with zero attached hydrogens (tertiary/aromatic N) is 3. The lowest BCUT2D eigenvalue weighted by Gasteiger charge is -2.29. The van der Waals surface area contributed by atoms with Crippen molar-refractivity contribution < 1.29 is 0 Å². The first-order valence-electron chi connectivity index (χ1n) is 7.56. The second kappa shape index (κ2) is 6.99. The van der Waals surface area contributed by atoms with Crippen molar-refractivity contribution >= 4 is 17.4 Å². The molecule has 0 unspecified atom stereocenters. The van der Waals surface area contributed by atoms with Crippen LogP contribution in [0.5, 0.6) is 0 Å². The number of anilines is 1. The molecule has 0 bridgehead atoms. The van der Waals surface area contributed by atoms with Crippen molar-refractivity contribution in [3.8, 4) is 5.69 Å². The van der Waals surface area contributed by atoms with Crippen LogP contribution < -0.4 is 4.90 Å². The summed E-state index contributed by atoms with van der Waals surface area (Å²) in [4.78, 5) is 2.32. The summed E-state index contributed by atoms with van der Waals surface area (Å²) in [6.45, 7) is 6.48. The predicted molar refractivity (Wildman–Crippen MR) is 90.6 cm³/mol. The number of alkyl halides is 1. The second-order valence-corrected chi connectivity index (χ2v) is 5.62. The first-order valence-corrected chi connectivity index (χ1v) is 8.10. The highest BCUT2D eigenvalue weighted by Gasteiger charge is 2.22. The summed E-state index contributed by atoms with van der Waals surface area (Å²) in [5.74, 6) is 1.60. The maximum atomic E-state index is 6.19. The lowest BCUT2D eigenvalue weighted by Crippen LogP contribution is -2.32. The molecule has 4 heteroatoms. The molecule has 3 nitrogen and oxygen atoms in total. The summed E-state index contributed by atoms with van der Waals surface area (Å²) in [7, 11) is 2.14. The maximum Gasteiger partial charge on any atom is 0.137 e. The van der Waals surface area contributed by atoms with E-state index in [0.29, 0.717) is 11.9 Å². The van der Waals surface area contributed by atoms with Crippen LogP contribution in [-0.4, -0.2) is 22.9 Å². The number of hydrogen-bond donors (Lipinski definition) is 0. The van der Waals surface area contributed by atoms with Crippen LogP contribution in [0.1, 0.15) is 37.9 Å². The zero-order chi connectivity index (χ0) is 15.4. The van der Waals surface area contributed by atoms with Crippen LogP contribution in [-0.2, 0) is 5.88 Å². The van der Waals surface area contributed by atoms with Gasteiger partial charge in [-0.3, -0.25) is 0 Å². The fourth-order valence-electron chi connectivity index (χ4n) is 2.82. The van der Waals surface area contributed by atoms with E-state index in [1.807, 2.05) is 29.8 Å². The normalized spacial score (nSPS) is 11.1. The summed E-state index contributed by atoms with van der Waals surface area (Å²) in [5.41, 5.74) is 3.20. The number of para-hydroxylation sites is 1. The average molecular weight is 306 g/mol. The third-order valence-electron chi connectivity index (χ3n) is 4.12. The lowest BCUT2D eigenvalue weighted by atomic mass is 10.1. The first kappa shape index (κ1) is 15.9. The van der Waals surface area contributed by atoms with E-state index >= 15 is 0 Å². The van der Waals surface area contributed by atoms with Crippen LogP contribution >= 0.6 is 11.6 Å². The molecule has 0 saturated carbocycles. The predicted octanol–water partition coefficient (Wildman–Crippen LogP) is 4.54. The standard InChI is InChI=1S/C17H24ClN3/c1-5-14(6-2)20(4)17-16(12-18)13(3)19-21(17)15-10-8-7-9-11-15/h7-11,14H,5-6,12H2,1-4H3. The molecule has 1 heterocycles. The third kappa shape index (κ3) is 3.08. The van der Waals surface area contributed by atoms with Gasteiger partial charge in [-0.1, -0.05) is 32.0 Å². The molecule has 1 aromatic heterocycles. The second-order valence-electron chi connectivity index (χ2n) is 5.35. The van der Waals surface area contributed by atoms with E-state index in [4.69, 9.17) is 16.7 Å². The van der Waals surface area contributed by atoms with Crippen molar-refractivity contribution in [3.05, 3.63) is 41.6 Å². The Hall–Kier alpha value is -1.48. The summed E-state index contributed by atoms with van der Waals surface area (Å²) in [5, 5.41) is 4.71. The zero-order valence-corrected chi connectivity index (χ0v) is 14.1. The molecule has 2 rings (SSSR count). The van der Waals surface area contributed by atoms with Crippen molar-refractivity contribution in [3.63, 3.8) is 0 Å². The van der Waals surface area contributed by atoms with E-state index in [1.165, 1.54) is 0 Å². The van der Waals surface area contributed by atoms with Gasteiger partial charge in [0.25, 0.3) is 0 Å². The van der Waals surface area contributed by atoms with E-state index in [-0.39, 0.29) is 0 Å². The minimum Gasteiger partial charge on any atom is -0.356 e. The molecule has 0 aliphatic carbocycles. The lowest BCUT2D eigenvalue weighted by molar-refractivity contribution is 0.579. The molecule has 0 saturated heterocycles. The van der Waals surface area contributed by atoms with Crippen molar-refractivity contribution in [2.24, 2.45) is 0 Å². The topological polar surface area (TPSA) is 21.1 Å². The van der Waals surface area contributed by atoms with Gasteiger partial charge in [0, 0.05) is 18.7 Å². The van der Waals surface area contributed by atoms with Gasteiger partial charge in [-0.15, -0.1) is 11.6 Å². The van der Waals surface area contributed by atoms with Crippen molar-refractivity contribution in [2.45, 2.75) is 45.5 Å². The Kier molecular flexibility index (Phi) is 5.29. The van der Waals surface area contributed by atoms with Gasteiger partial charge in [0.05, 0.1) is 17.3 Å². The smallest absolute Gasteiger partial charge is 0.137 e. The number of hydrogen-bond acceptors (Lipinski definition) is 2. The molecule has 2 aromatic rings. The van der Waals surface area contributed by atoms with E-state index in [2.05, 4.69) is 37.9 Å². The molecule has 0 aliphatic rings.